The van der Waals surface area contributed by atoms with Crippen LogP contribution in [0.15, 0.2) is 30.3 Å². The summed E-state index contributed by atoms with van der Waals surface area (Å²) in [5.74, 6) is -6.22. The second kappa shape index (κ2) is 7.45. The molecule has 0 bridgehead atoms. The van der Waals surface area contributed by atoms with Gasteiger partial charge >= 0.3 is 12.1 Å². The zero-order chi connectivity index (χ0) is 23.1. The third-order valence-corrected chi connectivity index (χ3v) is 4.12. The van der Waals surface area contributed by atoms with Gasteiger partial charge in [-0.15, -0.1) is 0 Å². The van der Waals surface area contributed by atoms with E-state index >= 15 is 0 Å². The number of nitrogens with one attached hydrogen (secondary N) is 1. The molecule has 0 atom stereocenters. The number of rotatable bonds is 5. The van der Waals surface area contributed by atoms with Crippen LogP contribution in [0.3, 0.4) is 0 Å². The monoisotopic (exact) mass is 445 g/mol. The number of halogens is 5. The molecule has 2 heterocycles. The highest BCUT2D eigenvalue weighted by Gasteiger charge is 2.60. The number of fused-ring (bicyclic) bond motifs is 1. The molecule has 2 aromatic heterocycles. The number of alkyl halides is 5. The van der Waals surface area contributed by atoms with Crippen LogP contribution in [0.25, 0.3) is 5.65 Å². The summed E-state index contributed by atoms with van der Waals surface area (Å²) >= 11 is 0. The number of anilines is 1. The Morgan fingerprint density at radius 3 is 2.45 bits per heavy atom. The largest absolute Gasteiger partial charge is 0.496 e. The number of ether oxygens (including phenoxy) is 1. The Morgan fingerprint density at radius 1 is 1.19 bits per heavy atom. The van der Waals surface area contributed by atoms with E-state index in [1.54, 1.807) is 0 Å². The van der Waals surface area contributed by atoms with Crippen molar-refractivity contribution in [2.75, 3.05) is 12.4 Å². The van der Waals surface area contributed by atoms with Crippen molar-refractivity contribution in [3.63, 3.8) is 0 Å². The van der Waals surface area contributed by atoms with E-state index in [1.165, 1.54) is 20.1 Å². The van der Waals surface area contributed by atoms with E-state index in [0.717, 1.165) is 18.2 Å². The first-order chi connectivity index (χ1) is 14.3. The van der Waals surface area contributed by atoms with E-state index in [4.69, 9.17) is 4.74 Å². The first kappa shape index (κ1) is 21.9. The van der Waals surface area contributed by atoms with Crippen LogP contribution in [0, 0.1) is 17.0 Å². The molecule has 1 N–H and O–H groups in total. The number of carbonyl (C=O) groups is 1. The van der Waals surface area contributed by atoms with Crippen LogP contribution in [0.4, 0.5) is 33.3 Å². The van der Waals surface area contributed by atoms with Gasteiger partial charge in [-0.3, -0.25) is 14.9 Å². The van der Waals surface area contributed by atoms with E-state index in [2.05, 4.69) is 15.4 Å². The van der Waals surface area contributed by atoms with Gasteiger partial charge in [-0.2, -0.15) is 27.1 Å². The number of aryl methyl sites for hydroxylation is 1. The van der Waals surface area contributed by atoms with E-state index in [0.29, 0.717) is 6.07 Å². The van der Waals surface area contributed by atoms with Crippen molar-refractivity contribution in [2.24, 2.45) is 0 Å². The summed E-state index contributed by atoms with van der Waals surface area (Å²) in [5, 5.41) is 16.9. The van der Waals surface area contributed by atoms with Crippen molar-refractivity contribution in [3.05, 3.63) is 57.5 Å². The highest BCUT2D eigenvalue weighted by molar-refractivity contribution is 6.04. The van der Waals surface area contributed by atoms with Gasteiger partial charge in [0.15, 0.2) is 11.3 Å². The van der Waals surface area contributed by atoms with Crippen molar-refractivity contribution in [1.29, 1.82) is 0 Å². The standard InChI is InChI=1S/C17H12F5N5O4/c1-8-5-13(16(18,19)17(20,21)22)26-14(23-8)7-11(25-26)15(28)24-10-4-3-9(31-2)6-12(10)27(29)30/h3-7H,1-2H3,(H,24,28). The molecule has 0 saturated carbocycles. The number of amides is 1. The molecule has 9 nitrogen and oxygen atoms in total. The third kappa shape index (κ3) is 3.95. The number of nitro benzene ring substituents is 1. The maximum Gasteiger partial charge on any atom is 0.459 e. The summed E-state index contributed by atoms with van der Waals surface area (Å²) in [6.45, 7) is 1.20. The van der Waals surface area contributed by atoms with Crippen LogP contribution in [0.1, 0.15) is 21.9 Å². The normalized spacial score (nSPS) is 12.1. The number of aromatic nitrogens is 3. The van der Waals surface area contributed by atoms with Crippen LogP contribution in [-0.4, -0.2) is 38.7 Å². The van der Waals surface area contributed by atoms with Gasteiger partial charge in [0.2, 0.25) is 0 Å². The predicted octanol–water partition coefficient (Wildman–Crippen LogP) is 3.86. The molecule has 0 fully saturated rings. The molecule has 0 unspecified atom stereocenters. The molecule has 0 spiro atoms. The highest BCUT2D eigenvalue weighted by Crippen LogP contribution is 2.43. The third-order valence-electron chi connectivity index (χ3n) is 4.12. The molecule has 14 heteroatoms. The van der Waals surface area contributed by atoms with E-state index in [9.17, 15) is 36.9 Å². The van der Waals surface area contributed by atoms with Crippen molar-refractivity contribution >= 4 is 22.9 Å². The Labute approximate surface area is 169 Å². The number of hydrogen-bond donors (Lipinski definition) is 1. The SMILES string of the molecule is COc1ccc(NC(=O)c2cc3nc(C)cc(C(F)(F)C(F)(F)F)n3n2)c([N+](=O)[O-])c1. The van der Waals surface area contributed by atoms with Gasteiger partial charge < -0.3 is 10.1 Å². The van der Waals surface area contributed by atoms with E-state index < -0.39 is 45.7 Å². The molecule has 0 radical (unpaired) electrons. The van der Waals surface area contributed by atoms with Crippen LogP contribution in [0.5, 0.6) is 5.75 Å². The number of carbonyl (C=O) groups excluding carboxylic acids is 1. The zero-order valence-electron chi connectivity index (χ0n) is 15.7. The second-order valence-corrected chi connectivity index (χ2v) is 6.25. The lowest BCUT2D eigenvalue weighted by Crippen LogP contribution is -2.36. The van der Waals surface area contributed by atoms with Gasteiger partial charge in [-0.1, -0.05) is 0 Å². The number of benzene rings is 1. The lowest BCUT2D eigenvalue weighted by atomic mass is 10.2. The summed E-state index contributed by atoms with van der Waals surface area (Å²) < 4.78 is 71.5. The maximum atomic E-state index is 13.9. The van der Waals surface area contributed by atoms with Gasteiger partial charge in [0.1, 0.15) is 17.1 Å². The quantitative estimate of drug-likeness (QED) is 0.363. The minimum Gasteiger partial charge on any atom is -0.496 e. The average Bonchev–Trinajstić information content (AvgIpc) is 3.10. The Morgan fingerprint density at radius 2 is 1.87 bits per heavy atom. The van der Waals surface area contributed by atoms with E-state index in [-0.39, 0.29) is 21.6 Å². The lowest BCUT2D eigenvalue weighted by molar-refractivity contribution is -0.384. The summed E-state index contributed by atoms with van der Waals surface area (Å²) in [6, 6.07) is 4.90. The fourth-order valence-corrected chi connectivity index (χ4v) is 2.66. The van der Waals surface area contributed by atoms with E-state index in [1.807, 2.05) is 0 Å². The van der Waals surface area contributed by atoms with Crippen LogP contribution < -0.4 is 10.1 Å². The molecular formula is C17H12F5N5O4. The van der Waals surface area contributed by atoms with Gasteiger partial charge in [0, 0.05) is 11.8 Å². The number of nitro groups is 1. The molecular weight excluding hydrogens is 433 g/mol. The fraction of sp³-hybridized carbons (Fsp3) is 0.235. The first-order valence-corrected chi connectivity index (χ1v) is 8.31. The topological polar surface area (TPSA) is 112 Å². The zero-order valence-corrected chi connectivity index (χ0v) is 15.7. The fourth-order valence-electron chi connectivity index (χ4n) is 2.66. The Bertz CT molecular complexity index is 1190. The highest BCUT2D eigenvalue weighted by atomic mass is 19.4. The Kier molecular flexibility index (Phi) is 5.25. The smallest absolute Gasteiger partial charge is 0.459 e. The van der Waals surface area contributed by atoms with Crippen LogP contribution in [-0.2, 0) is 5.92 Å². The molecule has 1 aromatic carbocycles. The summed E-state index contributed by atoms with van der Waals surface area (Å²) in [6.07, 6.45) is -5.91. The molecule has 0 aliphatic heterocycles. The van der Waals surface area contributed by atoms with Gasteiger partial charge in [0.05, 0.1) is 18.1 Å². The van der Waals surface area contributed by atoms with Crippen molar-refractivity contribution < 1.29 is 36.4 Å². The van der Waals surface area contributed by atoms with Crippen molar-refractivity contribution in [1.82, 2.24) is 14.6 Å². The van der Waals surface area contributed by atoms with Crippen LogP contribution in [0.2, 0.25) is 0 Å². The molecule has 1 amide bonds. The predicted molar refractivity (Wildman–Crippen MR) is 95.3 cm³/mol. The number of methoxy groups -OCH3 is 1. The molecule has 0 saturated heterocycles. The molecule has 31 heavy (non-hydrogen) atoms. The number of hydrogen-bond acceptors (Lipinski definition) is 6. The minimum absolute atomic E-state index is 0.135. The lowest BCUT2D eigenvalue weighted by Gasteiger charge is -2.20. The first-order valence-electron chi connectivity index (χ1n) is 8.31. The van der Waals surface area contributed by atoms with Gasteiger partial charge in [-0.05, 0) is 25.1 Å². The summed E-state index contributed by atoms with van der Waals surface area (Å²) in [5.41, 5.74) is -3.51. The van der Waals surface area contributed by atoms with Crippen molar-refractivity contribution in [3.8, 4) is 5.75 Å². The van der Waals surface area contributed by atoms with Gasteiger partial charge in [0.25, 0.3) is 11.6 Å². The maximum absolute atomic E-state index is 13.9. The summed E-state index contributed by atoms with van der Waals surface area (Å²) in [4.78, 5) is 26.7. The molecule has 3 aromatic rings. The van der Waals surface area contributed by atoms with Crippen molar-refractivity contribution in [2.45, 2.75) is 19.0 Å². The second-order valence-electron chi connectivity index (χ2n) is 6.25. The molecule has 0 aliphatic rings. The number of nitrogens with zero attached hydrogens (tertiary/aromatic N) is 4. The Balaban J connectivity index is 2.05. The molecule has 0 aliphatic carbocycles. The molecule has 3 rings (SSSR count). The average molecular weight is 445 g/mol. The Hall–Kier alpha value is -3.84. The van der Waals surface area contributed by atoms with Crippen LogP contribution >= 0.6 is 0 Å². The molecule has 164 valence electrons. The minimum atomic E-state index is -5.91. The summed E-state index contributed by atoms with van der Waals surface area (Å²) in [7, 11) is 1.28. The van der Waals surface area contributed by atoms with Gasteiger partial charge in [-0.25, -0.2) is 9.50 Å².